The zero-order valence-electron chi connectivity index (χ0n) is 9.97. The average Bonchev–Trinajstić information content (AvgIpc) is 2.38. The van der Waals surface area contributed by atoms with Gasteiger partial charge < -0.3 is 14.6 Å². The number of hydrogen-bond acceptors (Lipinski definition) is 4. The zero-order valence-corrected chi connectivity index (χ0v) is 9.97. The summed E-state index contributed by atoms with van der Waals surface area (Å²) in [5.41, 5.74) is 1.35. The van der Waals surface area contributed by atoms with Gasteiger partial charge in [0.05, 0.1) is 13.7 Å². The van der Waals surface area contributed by atoms with Crippen LogP contribution in [0.2, 0.25) is 0 Å². The van der Waals surface area contributed by atoms with Gasteiger partial charge in [0.25, 0.3) is 0 Å². The molecule has 0 aliphatic heterocycles. The lowest BCUT2D eigenvalue weighted by Gasteiger charge is -2.04. The first kappa shape index (κ1) is 13.3. The molecule has 1 aromatic rings. The standard InChI is InChI=1S/C13H16O4/c1-10(13(15)16-2)7-8-17-12-5-3-11(9-14)4-6-12/h3-7,14H,8-9H2,1-2H3. The maximum Gasteiger partial charge on any atom is 0.333 e. The highest BCUT2D eigenvalue weighted by molar-refractivity contribution is 5.87. The van der Waals surface area contributed by atoms with Crippen LogP contribution in [0.25, 0.3) is 0 Å². The van der Waals surface area contributed by atoms with Crippen molar-refractivity contribution >= 4 is 5.97 Å². The monoisotopic (exact) mass is 236 g/mol. The van der Waals surface area contributed by atoms with Gasteiger partial charge in [-0.2, -0.15) is 0 Å². The summed E-state index contributed by atoms with van der Waals surface area (Å²) in [5.74, 6) is 0.334. The molecule has 0 fully saturated rings. The predicted octanol–water partition coefficient (Wildman–Crippen LogP) is 1.68. The van der Waals surface area contributed by atoms with Crippen molar-refractivity contribution in [1.29, 1.82) is 0 Å². The van der Waals surface area contributed by atoms with Crippen LogP contribution >= 0.6 is 0 Å². The molecule has 4 nitrogen and oxygen atoms in total. The fourth-order valence-corrected chi connectivity index (χ4v) is 1.20. The lowest BCUT2D eigenvalue weighted by molar-refractivity contribution is -0.136. The second kappa shape index (κ2) is 6.70. The molecule has 0 unspecified atom stereocenters. The quantitative estimate of drug-likeness (QED) is 0.624. The molecule has 0 aliphatic rings. The topological polar surface area (TPSA) is 55.8 Å². The van der Waals surface area contributed by atoms with Crippen molar-refractivity contribution in [2.24, 2.45) is 0 Å². The molecular formula is C13H16O4. The summed E-state index contributed by atoms with van der Waals surface area (Å²) in [5, 5.41) is 8.86. The first-order chi connectivity index (χ1) is 8.17. The molecular weight excluding hydrogens is 220 g/mol. The van der Waals surface area contributed by atoms with Gasteiger partial charge in [0.1, 0.15) is 12.4 Å². The van der Waals surface area contributed by atoms with E-state index in [1.165, 1.54) is 7.11 Å². The smallest absolute Gasteiger partial charge is 0.333 e. The Bertz CT molecular complexity index is 392. The normalized spacial score (nSPS) is 11.1. The van der Waals surface area contributed by atoms with E-state index in [1.54, 1.807) is 37.3 Å². The minimum Gasteiger partial charge on any atom is -0.490 e. The van der Waals surface area contributed by atoms with Crippen LogP contribution in [0.5, 0.6) is 5.75 Å². The Balaban J connectivity index is 2.47. The Hall–Kier alpha value is -1.81. The molecule has 1 aromatic carbocycles. The summed E-state index contributed by atoms with van der Waals surface area (Å²) in [6, 6.07) is 7.11. The predicted molar refractivity (Wildman–Crippen MR) is 63.6 cm³/mol. The van der Waals surface area contributed by atoms with Crippen LogP contribution < -0.4 is 4.74 Å². The van der Waals surface area contributed by atoms with E-state index in [1.807, 2.05) is 0 Å². The summed E-state index contributed by atoms with van der Waals surface area (Å²) < 4.78 is 9.96. The van der Waals surface area contributed by atoms with Crippen LogP contribution in [0.15, 0.2) is 35.9 Å². The van der Waals surface area contributed by atoms with Crippen molar-refractivity contribution in [2.75, 3.05) is 13.7 Å². The number of aliphatic hydroxyl groups excluding tert-OH is 1. The SMILES string of the molecule is COC(=O)C(C)=CCOc1ccc(CO)cc1. The number of carbonyl (C=O) groups is 1. The van der Waals surface area contributed by atoms with Gasteiger partial charge in [-0.3, -0.25) is 0 Å². The number of esters is 1. The molecule has 4 heteroatoms. The third-order valence-electron chi connectivity index (χ3n) is 2.25. The highest BCUT2D eigenvalue weighted by Gasteiger charge is 2.01. The van der Waals surface area contributed by atoms with Gasteiger partial charge in [-0.05, 0) is 30.7 Å². The third kappa shape index (κ3) is 4.28. The van der Waals surface area contributed by atoms with Crippen molar-refractivity contribution in [3.05, 3.63) is 41.5 Å². The zero-order chi connectivity index (χ0) is 12.7. The molecule has 0 radical (unpaired) electrons. The van der Waals surface area contributed by atoms with E-state index < -0.39 is 0 Å². The number of ether oxygens (including phenoxy) is 2. The maximum absolute atomic E-state index is 11.1. The lowest BCUT2D eigenvalue weighted by Crippen LogP contribution is -2.04. The number of hydrogen-bond donors (Lipinski definition) is 1. The molecule has 1 N–H and O–H groups in total. The Morgan fingerprint density at radius 3 is 2.53 bits per heavy atom. The van der Waals surface area contributed by atoms with Gasteiger partial charge in [0.2, 0.25) is 0 Å². The summed E-state index contributed by atoms with van der Waals surface area (Å²) in [6.07, 6.45) is 1.66. The number of methoxy groups -OCH3 is 1. The van der Waals surface area contributed by atoms with E-state index >= 15 is 0 Å². The summed E-state index contributed by atoms with van der Waals surface area (Å²) in [7, 11) is 1.34. The molecule has 1 rings (SSSR count). The van der Waals surface area contributed by atoms with Crippen LogP contribution in [-0.4, -0.2) is 24.8 Å². The van der Waals surface area contributed by atoms with Gasteiger partial charge in [-0.1, -0.05) is 12.1 Å². The molecule has 0 bridgehead atoms. The molecule has 17 heavy (non-hydrogen) atoms. The maximum atomic E-state index is 11.1. The van der Waals surface area contributed by atoms with Gasteiger partial charge in [-0.25, -0.2) is 4.79 Å². The molecule has 0 heterocycles. The van der Waals surface area contributed by atoms with Gasteiger partial charge in [0, 0.05) is 5.57 Å². The number of aliphatic hydroxyl groups is 1. The van der Waals surface area contributed by atoms with Crippen molar-refractivity contribution in [3.63, 3.8) is 0 Å². The summed E-state index contributed by atoms with van der Waals surface area (Å²) >= 11 is 0. The Kier molecular flexibility index (Phi) is 5.23. The molecule has 0 aliphatic carbocycles. The highest BCUT2D eigenvalue weighted by Crippen LogP contribution is 2.12. The minimum atomic E-state index is -0.357. The fraction of sp³-hybridized carbons (Fsp3) is 0.308. The van der Waals surface area contributed by atoms with Crippen LogP contribution in [0, 0.1) is 0 Å². The van der Waals surface area contributed by atoms with Crippen molar-refractivity contribution in [1.82, 2.24) is 0 Å². The molecule has 0 saturated heterocycles. The summed E-state index contributed by atoms with van der Waals surface area (Å²) in [4.78, 5) is 11.1. The molecule has 0 saturated carbocycles. The van der Waals surface area contributed by atoms with Crippen molar-refractivity contribution in [3.8, 4) is 5.75 Å². The first-order valence-electron chi connectivity index (χ1n) is 5.25. The molecule has 0 atom stereocenters. The van der Waals surface area contributed by atoms with Crippen LogP contribution in [0.4, 0.5) is 0 Å². The fourth-order valence-electron chi connectivity index (χ4n) is 1.20. The summed E-state index contributed by atoms with van der Waals surface area (Å²) in [6.45, 7) is 1.99. The van der Waals surface area contributed by atoms with Crippen molar-refractivity contribution < 1.29 is 19.4 Å². The molecule has 0 amide bonds. The first-order valence-corrected chi connectivity index (χ1v) is 5.25. The van der Waals surface area contributed by atoms with Crippen LogP contribution in [-0.2, 0) is 16.1 Å². The van der Waals surface area contributed by atoms with E-state index in [4.69, 9.17) is 9.84 Å². The van der Waals surface area contributed by atoms with Gasteiger partial charge in [0.15, 0.2) is 0 Å². The minimum absolute atomic E-state index is 0.0155. The molecule has 92 valence electrons. The van der Waals surface area contributed by atoms with Crippen LogP contribution in [0.3, 0.4) is 0 Å². The van der Waals surface area contributed by atoms with E-state index in [0.29, 0.717) is 17.9 Å². The van der Waals surface area contributed by atoms with E-state index in [-0.39, 0.29) is 12.6 Å². The van der Waals surface area contributed by atoms with E-state index in [0.717, 1.165) is 5.56 Å². The van der Waals surface area contributed by atoms with E-state index in [2.05, 4.69) is 4.74 Å². The average molecular weight is 236 g/mol. The third-order valence-corrected chi connectivity index (χ3v) is 2.25. The number of benzene rings is 1. The Morgan fingerprint density at radius 1 is 1.35 bits per heavy atom. The molecule has 0 aromatic heterocycles. The number of rotatable bonds is 5. The Morgan fingerprint density at radius 2 is 2.00 bits per heavy atom. The lowest BCUT2D eigenvalue weighted by atomic mass is 10.2. The molecule has 0 spiro atoms. The van der Waals surface area contributed by atoms with Gasteiger partial charge >= 0.3 is 5.97 Å². The Labute approximate surface area is 100 Å². The van der Waals surface area contributed by atoms with E-state index in [9.17, 15) is 4.79 Å². The highest BCUT2D eigenvalue weighted by atomic mass is 16.5. The second-order valence-electron chi connectivity index (χ2n) is 3.49. The van der Waals surface area contributed by atoms with Crippen molar-refractivity contribution in [2.45, 2.75) is 13.5 Å². The largest absolute Gasteiger partial charge is 0.490 e. The van der Waals surface area contributed by atoms with Crippen LogP contribution in [0.1, 0.15) is 12.5 Å². The second-order valence-corrected chi connectivity index (χ2v) is 3.49. The number of carbonyl (C=O) groups excluding carboxylic acids is 1. The van der Waals surface area contributed by atoms with Gasteiger partial charge in [-0.15, -0.1) is 0 Å².